The molecule has 0 aliphatic heterocycles. The Bertz CT molecular complexity index is 5560. The largest absolute Gasteiger partial charge is 0.489 e. The van der Waals surface area contributed by atoms with Gasteiger partial charge in [-0.05, 0) is 158 Å². The SMILES string of the molecule is Cc1cccc(COc2ccccc2CN(CC[C@H](N)C(=O)O)Cc2ccncc2OCc2cccc(Cc3cc(C)cc(COc4ccccc4CN(CC[C@H](N)C(=O)O)Cc4cccnc4OCc4cccc(Cc5cc(C)cc(COc6ccccc6CN(CC[C@H](N)C(=O)O)Cc6c(C#N)cccc6OCc6cccc(C)c6)c5)c4)c3)c2)c1. The van der Waals surface area contributed by atoms with Crippen LogP contribution in [0.3, 0.4) is 0 Å². The lowest BCUT2D eigenvalue weighted by molar-refractivity contribution is -0.139. The number of carbonyl (C=O) groups is 3. The first-order chi connectivity index (χ1) is 59.2. The third-order valence-corrected chi connectivity index (χ3v) is 21.2. The van der Waals surface area contributed by atoms with Crippen molar-refractivity contribution in [1.29, 1.82) is 5.26 Å². The molecule has 21 nitrogen and oxygen atoms in total. The van der Waals surface area contributed by atoms with E-state index in [1.165, 1.54) is 0 Å². The van der Waals surface area contributed by atoms with Crippen LogP contribution in [0.25, 0.3) is 0 Å². The van der Waals surface area contributed by atoms with Crippen LogP contribution in [0.2, 0.25) is 0 Å². The standard InChI is InChI=1S/C101H107N9O12/c1-69-17-11-21-75(43-69)63-117-93-30-8-5-25-84(93)57-108(40-35-90(103)99(111)112)60-87-34-39-106-56-97(87)121-65-77-23-13-19-73(49-77)51-79-45-71(3)47-81(53-79)67-118-94-31-9-6-26-85(94)58-109(41-36-91(104)100(113)114)61-88-29-16-38-107-98(88)122-66-78-24-14-20-74(50-78)52-80-46-72(4)48-82(54-80)68-119-95-32-10-7-27-86(95)59-110(42-37-92(105)101(115)116)62-89-83(55-102)28-15-33-96(89)120-64-76-22-12-18-70(2)44-76/h5-34,38-39,43-50,53-54,56,90-92H,35-37,40-42,51-52,57-68,103-105H2,1-4H3,(H,111,112)(H,113,114)(H,115,116)/t90-,91-,92-/m0/s1. The van der Waals surface area contributed by atoms with Crippen LogP contribution in [-0.2, 0) is 106 Å². The van der Waals surface area contributed by atoms with Gasteiger partial charge in [-0.3, -0.25) is 34.1 Å². The predicted octanol–water partition coefficient (Wildman–Crippen LogP) is 16.7. The fourth-order valence-electron chi connectivity index (χ4n) is 15.0. The van der Waals surface area contributed by atoms with E-state index in [1.54, 1.807) is 30.7 Å². The van der Waals surface area contributed by atoms with E-state index in [-0.39, 0.29) is 45.6 Å². The van der Waals surface area contributed by atoms with Crippen molar-refractivity contribution >= 4 is 17.9 Å². The average Bonchev–Trinajstić information content (AvgIpc) is 0.836. The molecule has 21 heteroatoms. The molecule has 0 radical (unpaired) electrons. The molecule has 0 saturated carbocycles. The maximum atomic E-state index is 12.2. The summed E-state index contributed by atoms with van der Waals surface area (Å²) in [5.41, 5.74) is 38.8. The monoisotopic (exact) mass is 1640 g/mol. The summed E-state index contributed by atoms with van der Waals surface area (Å²) < 4.78 is 39.3. The van der Waals surface area contributed by atoms with Gasteiger partial charge in [0.05, 0.1) is 17.8 Å². The number of para-hydroxylation sites is 3. The minimum atomic E-state index is -1.09. The number of aromatic nitrogens is 2. The number of nitrogens with zero attached hydrogens (tertiary/aromatic N) is 6. The van der Waals surface area contributed by atoms with E-state index in [0.717, 1.165) is 111 Å². The van der Waals surface area contributed by atoms with Gasteiger partial charge in [-0.25, -0.2) is 4.98 Å². The van der Waals surface area contributed by atoms with Gasteiger partial charge in [0, 0.05) is 105 Å². The Morgan fingerprint density at radius 1 is 0.352 bits per heavy atom. The van der Waals surface area contributed by atoms with Crippen molar-refractivity contribution in [2.24, 2.45) is 17.2 Å². The normalized spacial score (nSPS) is 12.0. The summed E-state index contributed by atoms with van der Waals surface area (Å²) in [7, 11) is 0. The molecule has 12 aromatic rings. The van der Waals surface area contributed by atoms with E-state index in [2.05, 4.69) is 125 Å². The predicted molar refractivity (Wildman–Crippen MR) is 471 cm³/mol. The summed E-state index contributed by atoms with van der Waals surface area (Å²) in [4.78, 5) is 51.6. The minimum Gasteiger partial charge on any atom is -0.489 e. The summed E-state index contributed by atoms with van der Waals surface area (Å²) in [5.74, 6) is 0.538. The first-order valence-corrected chi connectivity index (χ1v) is 41.1. The van der Waals surface area contributed by atoms with Crippen LogP contribution in [0.15, 0.2) is 261 Å². The highest BCUT2D eigenvalue weighted by atomic mass is 16.5. The lowest BCUT2D eigenvalue weighted by Crippen LogP contribution is -2.35. The fraction of sp³-hybridized carbons (Fsp3) is 0.267. The first-order valence-electron chi connectivity index (χ1n) is 41.1. The highest BCUT2D eigenvalue weighted by molar-refractivity contribution is 5.74. The lowest BCUT2D eigenvalue weighted by atomic mass is 9.99. The number of benzene rings is 10. The molecule has 9 N–H and O–H groups in total. The number of pyridine rings is 2. The van der Waals surface area contributed by atoms with E-state index < -0.39 is 36.0 Å². The quantitative estimate of drug-likeness (QED) is 0.0206. The number of ether oxygens (including phenoxy) is 6. The van der Waals surface area contributed by atoms with Gasteiger partial charge in [-0.15, -0.1) is 0 Å². The van der Waals surface area contributed by atoms with Gasteiger partial charge in [0.15, 0.2) is 0 Å². The number of aryl methyl sites for hydroxylation is 4. The number of nitriles is 1. The second-order valence-electron chi connectivity index (χ2n) is 31.4. The molecule has 0 unspecified atom stereocenters. The zero-order valence-corrected chi connectivity index (χ0v) is 69.6. The maximum absolute atomic E-state index is 12.2. The molecule has 122 heavy (non-hydrogen) atoms. The number of rotatable bonds is 46. The molecule has 0 aliphatic rings. The Hall–Kier alpha value is -13.0. The molecule has 0 aliphatic carbocycles. The highest BCUT2D eigenvalue weighted by Gasteiger charge is 2.24. The van der Waals surface area contributed by atoms with Crippen LogP contribution in [0.1, 0.15) is 136 Å². The summed E-state index contributed by atoms with van der Waals surface area (Å²) in [6.07, 6.45) is 7.07. The molecule has 12 rings (SSSR count). The van der Waals surface area contributed by atoms with E-state index in [1.807, 2.05) is 159 Å². The Morgan fingerprint density at radius 3 is 1.16 bits per heavy atom. The molecule has 0 fully saturated rings. The van der Waals surface area contributed by atoms with Crippen LogP contribution in [0.5, 0.6) is 34.6 Å². The third-order valence-electron chi connectivity index (χ3n) is 21.2. The number of nitrogens with two attached hydrogens (primary N) is 3. The van der Waals surface area contributed by atoms with E-state index in [4.69, 9.17) is 50.6 Å². The number of hydrogen-bond donors (Lipinski definition) is 6. The van der Waals surface area contributed by atoms with Crippen molar-refractivity contribution in [3.8, 4) is 40.7 Å². The Kier molecular flexibility index (Phi) is 32.1. The molecular weight excluding hydrogens is 1530 g/mol. The van der Waals surface area contributed by atoms with Gasteiger partial charge in [-0.2, -0.15) is 5.26 Å². The van der Waals surface area contributed by atoms with Crippen molar-refractivity contribution < 1.29 is 58.1 Å². The number of carboxylic acid groups (broad SMARTS) is 3. The smallest absolute Gasteiger partial charge is 0.320 e. The zero-order chi connectivity index (χ0) is 85.7. The molecule has 2 aromatic heterocycles. The Morgan fingerprint density at radius 2 is 0.697 bits per heavy atom. The summed E-state index contributed by atoms with van der Waals surface area (Å²) >= 11 is 0. The van der Waals surface area contributed by atoms with Crippen molar-refractivity contribution in [3.63, 3.8) is 0 Å². The Balaban J connectivity index is 0.661. The van der Waals surface area contributed by atoms with Crippen LogP contribution >= 0.6 is 0 Å². The maximum Gasteiger partial charge on any atom is 0.320 e. The first kappa shape index (κ1) is 88.3. The van der Waals surface area contributed by atoms with Gasteiger partial charge >= 0.3 is 17.9 Å². The second-order valence-corrected chi connectivity index (χ2v) is 31.4. The van der Waals surface area contributed by atoms with Gasteiger partial charge in [0.2, 0.25) is 5.88 Å². The van der Waals surface area contributed by atoms with Crippen LogP contribution in [0, 0.1) is 39.0 Å². The molecule has 10 aromatic carbocycles. The molecule has 3 atom stereocenters. The summed E-state index contributed by atoms with van der Waals surface area (Å²) in [5, 5.41) is 39.8. The third kappa shape index (κ3) is 27.0. The number of aliphatic carboxylic acids is 3. The van der Waals surface area contributed by atoms with E-state index >= 15 is 0 Å². The minimum absolute atomic E-state index is 0.175. The second kappa shape index (κ2) is 44.3. The van der Waals surface area contributed by atoms with Crippen molar-refractivity contribution in [1.82, 2.24) is 24.7 Å². The van der Waals surface area contributed by atoms with E-state index in [9.17, 15) is 35.0 Å². The van der Waals surface area contributed by atoms with Crippen molar-refractivity contribution in [3.05, 3.63) is 378 Å². The van der Waals surface area contributed by atoms with Crippen LogP contribution < -0.4 is 45.6 Å². The molecule has 0 saturated heterocycles. The topological polar surface area (TPSA) is 305 Å². The van der Waals surface area contributed by atoms with Crippen LogP contribution in [-0.4, -0.2) is 95.7 Å². The van der Waals surface area contributed by atoms with Crippen LogP contribution in [0.4, 0.5) is 0 Å². The molecule has 0 spiro atoms. The Labute approximate surface area is 714 Å². The molecule has 0 bridgehead atoms. The molecule has 0 amide bonds. The number of carboxylic acids is 3. The van der Waals surface area contributed by atoms with Gasteiger partial charge in [-0.1, -0.05) is 222 Å². The van der Waals surface area contributed by atoms with Gasteiger partial charge < -0.3 is 60.9 Å². The molecule has 628 valence electrons. The fourth-order valence-corrected chi connectivity index (χ4v) is 15.0. The lowest BCUT2D eigenvalue weighted by Gasteiger charge is -2.26. The van der Waals surface area contributed by atoms with Crippen molar-refractivity contribution in [2.45, 2.75) is 157 Å². The highest BCUT2D eigenvalue weighted by Crippen LogP contribution is 2.33. The molecular formula is C101H107N9O12. The van der Waals surface area contributed by atoms with Gasteiger partial charge in [0.25, 0.3) is 0 Å². The van der Waals surface area contributed by atoms with E-state index in [0.29, 0.717) is 125 Å². The number of hydrogen-bond acceptors (Lipinski definition) is 18. The zero-order valence-electron chi connectivity index (χ0n) is 69.6. The molecule has 2 heterocycles. The summed E-state index contributed by atoms with van der Waals surface area (Å²) in [6, 6.07) is 79.9. The average molecular weight is 1640 g/mol. The van der Waals surface area contributed by atoms with Crippen molar-refractivity contribution in [2.75, 3.05) is 19.6 Å². The van der Waals surface area contributed by atoms with Gasteiger partial charge in [0.1, 0.15) is 86.5 Å². The summed E-state index contributed by atoms with van der Waals surface area (Å²) in [6.45, 7) is 13.5.